The van der Waals surface area contributed by atoms with Crippen LogP contribution in [0.3, 0.4) is 0 Å². The Kier molecular flexibility index (Phi) is 5.28. The van der Waals surface area contributed by atoms with Gasteiger partial charge in [-0.05, 0) is 45.0 Å². The summed E-state index contributed by atoms with van der Waals surface area (Å²) in [5, 5.41) is 4.97. The van der Waals surface area contributed by atoms with Crippen molar-refractivity contribution in [3.05, 3.63) is 53.7 Å². The molecule has 1 fully saturated rings. The predicted octanol–water partition coefficient (Wildman–Crippen LogP) is 3.72. The van der Waals surface area contributed by atoms with E-state index in [0.29, 0.717) is 0 Å². The Balaban J connectivity index is 1.69. The third kappa shape index (κ3) is 3.85. The fourth-order valence-corrected chi connectivity index (χ4v) is 3.99. The number of methoxy groups -OCH3 is 1. The van der Waals surface area contributed by atoms with Crippen molar-refractivity contribution >= 4 is 11.5 Å². The number of fused-ring (bicyclic) bond motifs is 1. The lowest BCUT2D eigenvalue weighted by molar-refractivity contribution is 0.277. The molecular formula is C23H29N5O. The molecule has 29 heavy (non-hydrogen) atoms. The lowest BCUT2D eigenvalue weighted by Crippen LogP contribution is -2.47. The largest absolute Gasteiger partial charge is 0.497 e. The highest BCUT2D eigenvalue weighted by Gasteiger charge is 2.22. The van der Waals surface area contributed by atoms with Crippen molar-refractivity contribution < 1.29 is 4.74 Å². The minimum Gasteiger partial charge on any atom is -0.497 e. The molecule has 1 saturated heterocycles. The summed E-state index contributed by atoms with van der Waals surface area (Å²) in [5.41, 5.74) is 6.29. The van der Waals surface area contributed by atoms with Gasteiger partial charge in [0.05, 0.1) is 12.8 Å². The highest BCUT2D eigenvalue weighted by atomic mass is 16.5. The zero-order valence-electron chi connectivity index (χ0n) is 17.8. The van der Waals surface area contributed by atoms with Crippen molar-refractivity contribution in [2.24, 2.45) is 0 Å². The first kappa shape index (κ1) is 19.5. The van der Waals surface area contributed by atoms with E-state index in [0.717, 1.165) is 72.5 Å². The Morgan fingerprint density at radius 1 is 1.10 bits per heavy atom. The quantitative estimate of drug-likeness (QED) is 0.621. The van der Waals surface area contributed by atoms with E-state index in [1.165, 1.54) is 5.57 Å². The van der Waals surface area contributed by atoms with Crippen LogP contribution in [0.25, 0.3) is 16.9 Å². The number of hydrogen-bond acceptors (Lipinski definition) is 5. The first-order valence-electron chi connectivity index (χ1n) is 10.1. The number of piperazine rings is 1. The van der Waals surface area contributed by atoms with Crippen LogP contribution < -0.4 is 9.64 Å². The number of hydrogen-bond donors (Lipinski definition) is 0. The molecule has 6 heteroatoms. The molecule has 0 amide bonds. The van der Waals surface area contributed by atoms with Crippen molar-refractivity contribution in [2.45, 2.75) is 20.8 Å². The minimum absolute atomic E-state index is 0.845. The lowest BCUT2D eigenvalue weighted by atomic mass is 10.1. The topological polar surface area (TPSA) is 45.9 Å². The van der Waals surface area contributed by atoms with Gasteiger partial charge in [0, 0.05) is 55.6 Å². The number of ether oxygens (including phenoxy) is 1. The molecule has 0 N–H and O–H groups in total. The van der Waals surface area contributed by atoms with Crippen LogP contribution in [0.4, 0.5) is 5.82 Å². The number of aryl methyl sites for hydroxylation is 2. The molecule has 0 bridgehead atoms. The van der Waals surface area contributed by atoms with Crippen molar-refractivity contribution in [3.63, 3.8) is 0 Å². The van der Waals surface area contributed by atoms with Crippen molar-refractivity contribution in [3.8, 4) is 17.0 Å². The Bertz CT molecular complexity index is 1030. The van der Waals surface area contributed by atoms with E-state index in [9.17, 15) is 0 Å². The van der Waals surface area contributed by atoms with Crippen LogP contribution >= 0.6 is 0 Å². The molecular weight excluding hydrogens is 362 g/mol. The molecule has 1 aromatic carbocycles. The highest BCUT2D eigenvalue weighted by molar-refractivity contribution is 5.72. The van der Waals surface area contributed by atoms with Crippen LogP contribution in [0, 0.1) is 13.8 Å². The molecule has 6 nitrogen and oxygen atoms in total. The summed E-state index contributed by atoms with van der Waals surface area (Å²) in [7, 11) is 1.68. The number of benzene rings is 1. The fourth-order valence-electron chi connectivity index (χ4n) is 3.99. The molecule has 0 saturated carbocycles. The fraction of sp³-hybridized carbons (Fsp3) is 0.391. The SMILES string of the molecule is C=C(C)CN1CCN(c2cc(C)nc3c(C)c(-c4ccc(OC)cc4)nn23)CC1. The van der Waals surface area contributed by atoms with Gasteiger partial charge in [0.25, 0.3) is 0 Å². The van der Waals surface area contributed by atoms with E-state index in [-0.39, 0.29) is 0 Å². The second-order valence-electron chi connectivity index (χ2n) is 7.91. The van der Waals surface area contributed by atoms with Crippen molar-refractivity contribution in [2.75, 3.05) is 44.7 Å². The zero-order chi connectivity index (χ0) is 20.5. The average molecular weight is 392 g/mol. The van der Waals surface area contributed by atoms with Gasteiger partial charge in [0.1, 0.15) is 11.6 Å². The average Bonchev–Trinajstić information content (AvgIpc) is 3.04. The minimum atomic E-state index is 0.845. The van der Waals surface area contributed by atoms with Gasteiger partial charge in [-0.3, -0.25) is 4.90 Å². The number of rotatable bonds is 5. The summed E-state index contributed by atoms with van der Waals surface area (Å²) >= 11 is 0. The van der Waals surface area contributed by atoms with Gasteiger partial charge in [-0.15, -0.1) is 0 Å². The van der Waals surface area contributed by atoms with E-state index >= 15 is 0 Å². The second-order valence-corrected chi connectivity index (χ2v) is 7.91. The van der Waals surface area contributed by atoms with Crippen molar-refractivity contribution in [1.29, 1.82) is 0 Å². The zero-order valence-corrected chi connectivity index (χ0v) is 17.8. The number of anilines is 1. The maximum absolute atomic E-state index is 5.29. The summed E-state index contributed by atoms with van der Waals surface area (Å²) in [6.45, 7) is 15.3. The Morgan fingerprint density at radius 3 is 2.41 bits per heavy atom. The van der Waals surface area contributed by atoms with Gasteiger partial charge in [-0.2, -0.15) is 9.61 Å². The molecule has 3 heterocycles. The first-order chi connectivity index (χ1) is 14.0. The van der Waals surface area contributed by atoms with Crippen LogP contribution in [0.2, 0.25) is 0 Å². The molecule has 4 rings (SSSR count). The smallest absolute Gasteiger partial charge is 0.161 e. The van der Waals surface area contributed by atoms with Gasteiger partial charge < -0.3 is 9.64 Å². The van der Waals surface area contributed by atoms with E-state index in [4.69, 9.17) is 14.8 Å². The maximum Gasteiger partial charge on any atom is 0.161 e. The third-order valence-electron chi connectivity index (χ3n) is 5.48. The Morgan fingerprint density at radius 2 is 1.79 bits per heavy atom. The first-order valence-corrected chi connectivity index (χ1v) is 10.1. The molecule has 0 aliphatic carbocycles. The van der Waals surface area contributed by atoms with Crippen LogP contribution in [-0.2, 0) is 0 Å². The second kappa shape index (κ2) is 7.87. The summed E-state index contributed by atoms with van der Waals surface area (Å²) in [4.78, 5) is 9.67. The van der Waals surface area contributed by atoms with Crippen LogP contribution in [-0.4, -0.2) is 59.3 Å². The van der Waals surface area contributed by atoms with E-state index in [1.807, 2.05) is 16.6 Å². The monoisotopic (exact) mass is 391 g/mol. The normalized spacial score (nSPS) is 15.1. The van der Waals surface area contributed by atoms with Crippen LogP contribution in [0.15, 0.2) is 42.5 Å². The molecule has 2 aromatic heterocycles. The number of nitrogens with zero attached hydrogens (tertiary/aromatic N) is 5. The molecule has 0 radical (unpaired) electrons. The van der Waals surface area contributed by atoms with E-state index in [2.05, 4.69) is 55.3 Å². The molecule has 0 spiro atoms. The van der Waals surface area contributed by atoms with Crippen LogP contribution in [0.1, 0.15) is 18.2 Å². The number of aromatic nitrogens is 3. The van der Waals surface area contributed by atoms with Gasteiger partial charge in [0.2, 0.25) is 0 Å². The lowest BCUT2D eigenvalue weighted by Gasteiger charge is -2.36. The van der Waals surface area contributed by atoms with Gasteiger partial charge in [-0.1, -0.05) is 12.2 Å². The van der Waals surface area contributed by atoms with Gasteiger partial charge in [0.15, 0.2) is 5.65 Å². The predicted molar refractivity (Wildman–Crippen MR) is 118 cm³/mol. The Labute approximate surface area is 172 Å². The Hall–Kier alpha value is -2.86. The van der Waals surface area contributed by atoms with E-state index < -0.39 is 0 Å². The third-order valence-corrected chi connectivity index (χ3v) is 5.48. The molecule has 1 aliphatic rings. The van der Waals surface area contributed by atoms with Crippen molar-refractivity contribution in [1.82, 2.24) is 19.5 Å². The molecule has 0 unspecified atom stereocenters. The van der Waals surface area contributed by atoms with Gasteiger partial charge in [-0.25, -0.2) is 4.98 Å². The van der Waals surface area contributed by atoms with Crippen LogP contribution in [0.5, 0.6) is 5.75 Å². The highest BCUT2D eigenvalue weighted by Crippen LogP contribution is 2.29. The summed E-state index contributed by atoms with van der Waals surface area (Å²) in [5.74, 6) is 1.96. The molecule has 152 valence electrons. The molecule has 3 aromatic rings. The van der Waals surface area contributed by atoms with E-state index in [1.54, 1.807) is 7.11 Å². The summed E-state index contributed by atoms with van der Waals surface area (Å²) < 4.78 is 7.30. The molecule has 0 atom stereocenters. The summed E-state index contributed by atoms with van der Waals surface area (Å²) in [6, 6.07) is 10.2. The van der Waals surface area contributed by atoms with Gasteiger partial charge >= 0.3 is 0 Å². The summed E-state index contributed by atoms with van der Waals surface area (Å²) in [6.07, 6.45) is 0. The standard InChI is InChI=1S/C23H29N5O/c1-16(2)15-26-10-12-27(13-11-26)21-14-17(3)24-23-18(4)22(25-28(21)23)19-6-8-20(29-5)9-7-19/h6-9,14H,1,10-13,15H2,2-5H3. The maximum atomic E-state index is 5.29. The molecule has 1 aliphatic heterocycles.